The molecule has 6 nitrogen and oxygen atoms in total. The number of tetrazole rings is 1. The molecule has 1 N–H and O–H groups in total. The molecule has 1 aliphatic heterocycles. The van der Waals surface area contributed by atoms with Gasteiger partial charge in [0.2, 0.25) is 0 Å². The predicted molar refractivity (Wildman–Crippen MR) is 126 cm³/mol. The lowest BCUT2D eigenvalue weighted by Crippen LogP contribution is -2.45. The number of nitrogens with zero attached hydrogens (tertiary/aromatic N) is 4. The summed E-state index contributed by atoms with van der Waals surface area (Å²) in [6, 6.07) is 4.20. The van der Waals surface area contributed by atoms with Crippen molar-refractivity contribution in [1.82, 2.24) is 20.2 Å². The second-order valence-electron chi connectivity index (χ2n) is 10.8. The lowest BCUT2D eigenvalue weighted by atomic mass is 9.66. The minimum Gasteiger partial charge on any atom is -0.508 e. The number of ether oxygens (including phenoxy) is 1. The number of hydrogen-bond acceptors (Lipinski definition) is 5. The van der Waals surface area contributed by atoms with Gasteiger partial charge in [0.1, 0.15) is 23.4 Å². The topological polar surface area (TPSA) is 73.1 Å². The van der Waals surface area contributed by atoms with Gasteiger partial charge >= 0.3 is 0 Å². The number of rotatable bonds is 8. The van der Waals surface area contributed by atoms with E-state index < -0.39 is 0 Å². The second-order valence-corrected chi connectivity index (χ2v) is 10.8. The Balaban J connectivity index is 1.62. The van der Waals surface area contributed by atoms with Gasteiger partial charge in [0.15, 0.2) is 0 Å². The van der Waals surface area contributed by atoms with E-state index in [1.807, 2.05) is 6.07 Å². The summed E-state index contributed by atoms with van der Waals surface area (Å²) in [7, 11) is 0. The van der Waals surface area contributed by atoms with Crippen molar-refractivity contribution in [3.8, 4) is 11.5 Å². The molecule has 2 aliphatic rings. The van der Waals surface area contributed by atoms with E-state index in [0.29, 0.717) is 18.2 Å². The molecule has 0 radical (unpaired) electrons. The van der Waals surface area contributed by atoms with Gasteiger partial charge in [-0.2, -0.15) is 0 Å². The van der Waals surface area contributed by atoms with Crippen LogP contribution in [0.5, 0.6) is 11.5 Å². The van der Waals surface area contributed by atoms with Crippen molar-refractivity contribution in [2.24, 2.45) is 5.92 Å². The Morgan fingerprint density at radius 3 is 2.75 bits per heavy atom. The first-order valence-electron chi connectivity index (χ1n) is 12.2. The molecule has 2 atom stereocenters. The highest BCUT2D eigenvalue weighted by Crippen LogP contribution is 2.55. The first-order chi connectivity index (χ1) is 15.2. The van der Waals surface area contributed by atoms with Crippen LogP contribution in [0.2, 0.25) is 0 Å². The number of aromatic nitrogens is 4. The largest absolute Gasteiger partial charge is 0.508 e. The normalized spacial score (nSPS) is 22.0. The van der Waals surface area contributed by atoms with Crippen LogP contribution in [0.1, 0.15) is 96.6 Å². The van der Waals surface area contributed by atoms with E-state index in [9.17, 15) is 5.11 Å². The zero-order chi connectivity index (χ0) is 22.9. The molecule has 1 aliphatic carbocycles. The fourth-order valence-electron chi connectivity index (χ4n) is 5.58. The minimum absolute atomic E-state index is 0.00230. The molecular formula is C26H38N4O2. The van der Waals surface area contributed by atoms with Crippen LogP contribution in [0.15, 0.2) is 30.1 Å². The lowest BCUT2D eigenvalue weighted by molar-refractivity contribution is 0.00704. The molecule has 0 amide bonds. The summed E-state index contributed by atoms with van der Waals surface area (Å²) in [5.41, 5.74) is 3.16. The van der Waals surface area contributed by atoms with E-state index >= 15 is 0 Å². The van der Waals surface area contributed by atoms with Crippen LogP contribution in [-0.4, -0.2) is 30.9 Å². The number of phenolic OH excluding ortho intramolecular Hbond substituents is 1. The molecular weight excluding hydrogens is 400 g/mol. The number of fused-ring (bicyclic) bond motifs is 3. The standard InChI is InChI=1S/C26H38N4O2/c1-6-7-8-9-12-25(2,3)19-14-22(31)24-20-13-18(16-30-17-27-28-29-30)10-11-21(20)26(4,5)32-23(24)15-19/h10,14-15,17,20-21,31H,6-9,11-13,16H2,1-5H3/t20-,21-/m0/s1. The maximum absolute atomic E-state index is 11.2. The molecule has 1 aromatic carbocycles. The SMILES string of the molecule is CCCCCCC(C)(C)c1cc(O)c2c(c1)OC(C)(C)[C@H]1CC=C(Cn3cnnn3)C[C@H]21. The Labute approximate surface area is 192 Å². The van der Waals surface area contributed by atoms with Crippen molar-refractivity contribution in [3.63, 3.8) is 0 Å². The van der Waals surface area contributed by atoms with Crippen LogP contribution < -0.4 is 4.74 Å². The van der Waals surface area contributed by atoms with Gasteiger partial charge in [0.25, 0.3) is 0 Å². The van der Waals surface area contributed by atoms with E-state index in [2.05, 4.69) is 62.3 Å². The predicted octanol–water partition coefficient (Wildman–Crippen LogP) is 5.92. The van der Waals surface area contributed by atoms with Gasteiger partial charge in [-0.1, -0.05) is 58.1 Å². The molecule has 6 heteroatoms. The molecule has 2 aromatic rings. The van der Waals surface area contributed by atoms with Crippen molar-refractivity contribution in [1.29, 1.82) is 0 Å². The van der Waals surface area contributed by atoms with Crippen LogP contribution in [0.4, 0.5) is 0 Å². The maximum Gasteiger partial charge on any atom is 0.138 e. The van der Waals surface area contributed by atoms with E-state index in [1.54, 1.807) is 11.0 Å². The smallest absolute Gasteiger partial charge is 0.138 e. The molecule has 0 saturated heterocycles. The molecule has 174 valence electrons. The highest BCUT2D eigenvalue weighted by Gasteiger charge is 2.46. The highest BCUT2D eigenvalue weighted by molar-refractivity contribution is 5.54. The zero-order valence-corrected chi connectivity index (χ0v) is 20.3. The summed E-state index contributed by atoms with van der Waals surface area (Å²) in [5.74, 6) is 1.79. The Kier molecular flexibility index (Phi) is 6.33. The fraction of sp³-hybridized carbons (Fsp3) is 0.654. The van der Waals surface area contributed by atoms with E-state index in [-0.39, 0.29) is 16.9 Å². The molecule has 4 rings (SSSR count). The third-order valence-corrected chi connectivity index (χ3v) is 7.58. The van der Waals surface area contributed by atoms with E-state index in [1.165, 1.54) is 36.8 Å². The Hall–Kier alpha value is -2.37. The monoisotopic (exact) mass is 438 g/mol. The molecule has 0 fully saturated rings. The fourth-order valence-corrected chi connectivity index (χ4v) is 5.58. The van der Waals surface area contributed by atoms with Crippen molar-refractivity contribution in [3.05, 3.63) is 41.2 Å². The van der Waals surface area contributed by atoms with Gasteiger partial charge in [0, 0.05) is 17.4 Å². The van der Waals surface area contributed by atoms with Gasteiger partial charge in [-0.15, -0.1) is 5.10 Å². The first kappa shape index (κ1) is 22.8. The van der Waals surface area contributed by atoms with Crippen molar-refractivity contribution < 1.29 is 9.84 Å². The summed E-state index contributed by atoms with van der Waals surface area (Å²) in [6.07, 6.45) is 11.9. The van der Waals surface area contributed by atoms with E-state index in [4.69, 9.17) is 4.74 Å². The molecule has 32 heavy (non-hydrogen) atoms. The van der Waals surface area contributed by atoms with Crippen molar-refractivity contribution in [2.75, 3.05) is 0 Å². The number of aromatic hydroxyl groups is 1. The molecule has 0 spiro atoms. The van der Waals surface area contributed by atoms with Crippen LogP contribution in [0.25, 0.3) is 0 Å². The number of allylic oxidation sites excluding steroid dienone is 2. The first-order valence-corrected chi connectivity index (χ1v) is 12.2. The number of hydrogen-bond donors (Lipinski definition) is 1. The van der Waals surface area contributed by atoms with Gasteiger partial charge in [-0.05, 0) is 66.6 Å². The van der Waals surface area contributed by atoms with Crippen molar-refractivity contribution in [2.45, 2.75) is 103 Å². The quantitative estimate of drug-likeness (QED) is 0.409. The van der Waals surface area contributed by atoms with Gasteiger partial charge in [-0.3, -0.25) is 0 Å². The van der Waals surface area contributed by atoms with Crippen LogP contribution in [0.3, 0.4) is 0 Å². The summed E-state index contributed by atoms with van der Waals surface area (Å²) < 4.78 is 8.33. The number of phenols is 1. The second kappa shape index (κ2) is 8.87. The number of benzene rings is 1. The molecule has 0 unspecified atom stereocenters. The third-order valence-electron chi connectivity index (χ3n) is 7.58. The molecule has 0 saturated carbocycles. The van der Waals surface area contributed by atoms with E-state index in [0.717, 1.165) is 30.6 Å². The summed E-state index contributed by atoms with van der Waals surface area (Å²) in [6.45, 7) is 11.9. The summed E-state index contributed by atoms with van der Waals surface area (Å²) >= 11 is 0. The summed E-state index contributed by atoms with van der Waals surface area (Å²) in [4.78, 5) is 0. The van der Waals surface area contributed by atoms with Crippen LogP contribution in [0, 0.1) is 5.92 Å². The number of unbranched alkanes of at least 4 members (excludes halogenated alkanes) is 3. The van der Waals surface area contributed by atoms with Crippen LogP contribution >= 0.6 is 0 Å². The van der Waals surface area contributed by atoms with Crippen LogP contribution in [-0.2, 0) is 12.0 Å². The van der Waals surface area contributed by atoms with Crippen molar-refractivity contribution >= 4 is 0 Å². The maximum atomic E-state index is 11.2. The molecule has 0 bridgehead atoms. The minimum atomic E-state index is -0.287. The average Bonchev–Trinajstić information content (AvgIpc) is 3.23. The third kappa shape index (κ3) is 4.55. The molecule has 2 heterocycles. The zero-order valence-electron chi connectivity index (χ0n) is 20.3. The molecule has 1 aromatic heterocycles. The average molecular weight is 439 g/mol. The Bertz CT molecular complexity index is 962. The summed E-state index contributed by atoms with van der Waals surface area (Å²) in [5, 5.41) is 22.7. The Morgan fingerprint density at radius 2 is 2.03 bits per heavy atom. The Morgan fingerprint density at radius 1 is 1.22 bits per heavy atom. The van der Waals surface area contributed by atoms with Gasteiger partial charge < -0.3 is 9.84 Å². The van der Waals surface area contributed by atoms with Gasteiger partial charge in [0.05, 0.1) is 6.54 Å². The van der Waals surface area contributed by atoms with Gasteiger partial charge in [-0.25, -0.2) is 4.68 Å². The highest BCUT2D eigenvalue weighted by atomic mass is 16.5. The lowest BCUT2D eigenvalue weighted by Gasteiger charge is -2.47.